The van der Waals surface area contributed by atoms with E-state index in [-0.39, 0.29) is 18.4 Å². The third-order valence-corrected chi connectivity index (χ3v) is 6.37. The minimum Gasteiger partial charge on any atom is -0.354 e. The standard InChI is InChI=1S/C22H21N5O2S/c28-19(13-27-17-9-3-4-10-18(17)30-14-20(27)29)25-21-22(26-11-5-6-12-26)24-16-8-2-1-7-15(16)23-21/h1-4,7-10H,5-6,11-14H2,(H,23,25,28). The van der Waals surface area contributed by atoms with Gasteiger partial charge in [0.15, 0.2) is 11.6 Å². The molecule has 30 heavy (non-hydrogen) atoms. The Hall–Kier alpha value is -3.13. The van der Waals surface area contributed by atoms with Gasteiger partial charge in [-0.2, -0.15) is 0 Å². The van der Waals surface area contributed by atoms with Crippen molar-refractivity contribution >= 4 is 51.9 Å². The molecule has 0 radical (unpaired) electrons. The number of nitrogens with zero attached hydrogens (tertiary/aromatic N) is 4. The Bertz CT molecular complexity index is 1130. The van der Waals surface area contributed by atoms with Crippen LogP contribution >= 0.6 is 11.8 Å². The molecule has 1 saturated heterocycles. The topological polar surface area (TPSA) is 78.4 Å². The molecule has 0 saturated carbocycles. The van der Waals surface area contributed by atoms with E-state index in [0.717, 1.165) is 47.5 Å². The summed E-state index contributed by atoms with van der Waals surface area (Å²) < 4.78 is 0. The van der Waals surface area contributed by atoms with Crippen LogP contribution in [-0.4, -0.2) is 47.2 Å². The van der Waals surface area contributed by atoms with Gasteiger partial charge in [-0.15, -0.1) is 11.8 Å². The number of para-hydroxylation sites is 3. The van der Waals surface area contributed by atoms with Crippen LogP contribution in [0.25, 0.3) is 11.0 Å². The molecule has 1 fully saturated rings. The summed E-state index contributed by atoms with van der Waals surface area (Å²) in [6.45, 7) is 1.74. The first-order chi connectivity index (χ1) is 14.7. The zero-order valence-corrected chi connectivity index (χ0v) is 17.2. The lowest BCUT2D eigenvalue weighted by molar-refractivity contribution is -0.120. The molecule has 0 unspecified atom stereocenters. The van der Waals surface area contributed by atoms with Gasteiger partial charge in [-0.1, -0.05) is 24.3 Å². The van der Waals surface area contributed by atoms with Crippen molar-refractivity contribution in [1.82, 2.24) is 9.97 Å². The van der Waals surface area contributed by atoms with E-state index in [1.807, 2.05) is 48.5 Å². The molecule has 5 rings (SSSR count). The van der Waals surface area contributed by atoms with Crippen LogP contribution in [0.4, 0.5) is 17.3 Å². The molecule has 0 aliphatic carbocycles. The molecule has 0 bridgehead atoms. The van der Waals surface area contributed by atoms with Crippen molar-refractivity contribution < 1.29 is 9.59 Å². The number of fused-ring (bicyclic) bond motifs is 2. The number of carbonyl (C=O) groups excluding carboxylic acids is 2. The maximum absolute atomic E-state index is 12.9. The van der Waals surface area contributed by atoms with Crippen molar-refractivity contribution in [2.24, 2.45) is 0 Å². The molecule has 1 aromatic heterocycles. The zero-order valence-electron chi connectivity index (χ0n) is 16.4. The maximum Gasteiger partial charge on any atom is 0.245 e. The molecule has 2 aliphatic heterocycles. The van der Waals surface area contributed by atoms with E-state index >= 15 is 0 Å². The summed E-state index contributed by atoms with van der Waals surface area (Å²) in [5.41, 5.74) is 2.30. The fourth-order valence-electron chi connectivity index (χ4n) is 3.87. The Kier molecular flexibility index (Phi) is 5.00. The Morgan fingerprint density at radius 3 is 2.50 bits per heavy atom. The van der Waals surface area contributed by atoms with E-state index in [1.165, 1.54) is 11.8 Å². The Labute approximate surface area is 178 Å². The predicted octanol–water partition coefficient (Wildman–Crippen LogP) is 3.31. The monoisotopic (exact) mass is 419 g/mol. The third-order valence-electron chi connectivity index (χ3n) is 5.33. The number of hydrogen-bond donors (Lipinski definition) is 1. The van der Waals surface area contributed by atoms with Crippen LogP contribution in [0.5, 0.6) is 0 Å². The quantitative estimate of drug-likeness (QED) is 0.699. The first-order valence-electron chi connectivity index (χ1n) is 10.0. The fourth-order valence-corrected chi connectivity index (χ4v) is 4.80. The average Bonchev–Trinajstić information content (AvgIpc) is 3.30. The molecule has 152 valence electrons. The van der Waals surface area contributed by atoms with Crippen molar-refractivity contribution in [2.75, 3.05) is 40.5 Å². The first kappa shape index (κ1) is 18.9. The van der Waals surface area contributed by atoms with Crippen LogP contribution in [0.15, 0.2) is 53.4 Å². The molecular weight excluding hydrogens is 398 g/mol. The molecule has 0 atom stereocenters. The molecule has 8 heteroatoms. The molecule has 1 N–H and O–H groups in total. The second-order valence-electron chi connectivity index (χ2n) is 7.36. The highest BCUT2D eigenvalue weighted by molar-refractivity contribution is 8.00. The third kappa shape index (κ3) is 3.59. The Morgan fingerprint density at radius 1 is 1.00 bits per heavy atom. The van der Waals surface area contributed by atoms with Gasteiger partial charge in [0.05, 0.1) is 22.5 Å². The number of aromatic nitrogens is 2. The first-order valence-corrected chi connectivity index (χ1v) is 11.0. The number of carbonyl (C=O) groups is 2. The van der Waals surface area contributed by atoms with Crippen LogP contribution in [-0.2, 0) is 9.59 Å². The van der Waals surface area contributed by atoms with Crippen molar-refractivity contribution in [3.63, 3.8) is 0 Å². The summed E-state index contributed by atoms with van der Waals surface area (Å²) in [6, 6.07) is 15.3. The summed E-state index contributed by atoms with van der Waals surface area (Å²) in [5, 5.41) is 2.92. The van der Waals surface area contributed by atoms with Gasteiger partial charge in [0.1, 0.15) is 6.54 Å². The summed E-state index contributed by atoms with van der Waals surface area (Å²) in [5.74, 6) is 1.13. The molecule has 3 heterocycles. The molecule has 3 aromatic rings. The van der Waals surface area contributed by atoms with Gasteiger partial charge in [0.25, 0.3) is 0 Å². The number of benzene rings is 2. The van der Waals surface area contributed by atoms with E-state index in [2.05, 4.69) is 15.2 Å². The van der Waals surface area contributed by atoms with Crippen LogP contribution in [0, 0.1) is 0 Å². The largest absolute Gasteiger partial charge is 0.354 e. The van der Waals surface area contributed by atoms with Crippen molar-refractivity contribution in [1.29, 1.82) is 0 Å². The summed E-state index contributed by atoms with van der Waals surface area (Å²) in [4.78, 5) is 39.6. The lowest BCUT2D eigenvalue weighted by Gasteiger charge is -2.28. The highest BCUT2D eigenvalue weighted by atomic mass is 32.2. The highest BCUT2D eigenvalue weighted by Gasteiger charge is 2.27. The predicted molar refractivity (Wildman–Crippen MR) is 119 cm³/mol. The number of rotatable bonds is 4. The maximum atomic E-state index is 12.9. The lowest BCUT2D eigenvalue weighted by Crippen LogP contribution is -2.41. The SMILES string of the molecule is O=C(CN1C(=O)CSc2ccccc21)Nc1nc2ccccc2nc1N1CCCC1. The van der Waals surface area contributed by atoms with Gasteiger partial charge >= 0.3 is 0 Å². The second kappa shape index (κ2) is 7.95. The normalized spacial score (nSPS) is 16.1. The van der Waals surface area contributed by atoms with Gasteiger partial charge in [0, 0.05) is 18.0 Å². The highest BCUT2D eigenvalue weighted by Crippen LogP contribution is 2.35. The van der Waals surface area contributed by atoms with Crippen molar-refractivity contribution in [3.05, 3.63) is 48.5 Å². The summed E-state index contributed by atoms with van der Waals surface area (Å²) in [7, 11) is 0. The van der Waals surface area contributed by atoms with E-state index in [1.54, 1.807) is 4.90 Å². The van der Waals surface area contributed by atoms with Gasteiger partial charge in [-0.05, 0) is 37.1 Å². The van der Waals surface area contributed by atoms with E-state index < -0.39 is 0 Å². The molecular formula is C22H21N5O2S. The number of amides is 2. The number of anilines is 3. The van der Waals surface area contributed by atoms with Crippen molar-refractivity contribution in [2.45, 2.75) is 17.7 Å². The second-order valence-corrected chi connectivity index (χ2v) is 8.38. The lowest BCUT2D eigenvalue weighted by atomic mass is 10.2. The van der Waals surface area contributed by atoms with Gasteiger partial charge < -0.3 is 15.1 Å². The molecule has 2 amide bonds. The fraction of sp³-hybridized carbons (Fsp3) is 0.273. The molecule has 0 spiro atoms. The number of hydrogen-bond acceptors (Lipinski definition) is 6. The minimum atomic E-state index is -0.282. The smallest absolute Gasteiger partial charge is 0.245 e. The number of thioether (sulfide) groups is 1. The van der Waals surface area contributed by atoms with Crippen molar-refractivity contribution in [3.8, 4) is 0 Å². The van der Waals surface area contributed by atoms with Crippen LogP contribution in [0.1, 0.15) is 12.8 Å². The van der Waals surface area contributed by atoms with E-state index in [4.69, 9.17) is 4.98 Å². The van der Waals surface area contributed by atoms with Gasteiger partial charge in [-0.25, -0.2) is 9.97 Å². The van der Waals surface area contributed by atoms with Gasteiger partial charge in [0.2, 0.25) is 11.8 Å². The molecule has 7 nitrogen and oxygen atoms in total. The molecule has 2 aliphatic rings. The van der Waals surface area contributed by atoms with E-state index in [0.29, 0.717) is 17.4 Å². The Morgan fingerprint density at radius 2 is 1.70 bits per heavy atom. The van der Waals surface area contributed by atoms with Gasteiger partial charge in [-0.3, -0.25) is 9.59 Å². The zero-order chi connectivity index (χ0) is 20.5. The minimum absolute atomic E-state index is 0.0512. The Balaban J connectivity index is 1.43. The molecule has 2 aromatic carbocycles. The van der Waals surface area contributed by atoms with Crippen LogP contribution in [0.2, 0.25) is 0 Å². The number of nitrogens with one attached hydrogen (secondary N) is 1. The van der Waals surface area contributed by atoms with Crippen LogP contribution in [0.3, 0.4) is 0 Å². The summed E-state index contributed by atoms with van der Waals surface area (Å²) in [6.07, 6.45) is 2.19. The summed E-state index contributed by atoms with van der Waals surface area (Å²) >= 11 is 1.50. The van der Waals surface area contributed by atoms with E-state index in [9.17, 15) is 9.59 Å². The van der Waals surface area contributed by atoms with Crippen LogP contribution < -0.4 is 15.1 Å². The average molecular weight is 420 g/mol.